The van der Waals surface area contributed by atoms with Crippen LogP contribution in [0.3, 0.4) is 0 Å². The number of nitrogens with zero attached hydrogens (tertiary/aromatic N) is 1. The van der Waals surface area contributed by atoms with Gasteiger partial charge in [0.05, 0.1) is 0 Å². The number of benzene rings is 1. The smallest absolute Gasteiger partial charge is 0.352 e. The Hall–Kier alpha value is -2.52. The zero-order valence-corrected chi connectivity index (χ0v) is 15.0. The van der Waals surface area contributed by atoms with E-state index in [9.17, 15) is 19.5 Å². The normalized spacial score (nSPS) is 24.6. The van der Waals surface area contributed by atoms with Crippen molar-refractivity contribution in [1.29, 1.82) is 0 Å². The molecule has 0 saturated carbocycles. The number of fused-ring (bicyclic) bond motifs is 1. The first kappa shape index (κ1) is 18.3. The minimum Gasteiger partial charge on any atom is -0.484 e. The van der Waals surface area contributed by atoms with Gasteiger partial charge in [0.15, 0.2) is 6.61 Å². The van der Waals surface area contributed by atoms with Crippen molar-refractivity contribution in [3.8, 4) is 5.75 Å². The van der Waals surface area contributed by atoms with Crippen molar-refractivity contribution in [2.75, 3.05) is 19.5 Å². The van der Waals surface area contributed by atoms with Crippen LogP contribution in [0.1, 0.15) is 6.92 Å². The number of para-hydroxylation sites is 1. The molecule has 0 bridgehead atoms. The van der Waals surface area contributed by atoms with Crippen LogP contribution < -0.4 is 10.1 Å². The molecule has 2 aliphatic heterocycles. The molecule has 1 fully saturated rings. The molecule has 138 valence electrons. The highest BCUT2D eigenvalue weighted by atomic mass is 32.2. The lowest BCUT2D eigenvalue weighted by atomic mass is 9.98. The fraction of sp³-hybridized carbons (Fsp3) is 0.353. The number of nitrogens with one attached hydrogen (secondary N) is 1. The molecule has 8 nitrogen and oxygen atoms in total. The van der Waals surface area contributed by atoms with Crippen molar-refractivity contribution in [3.05, 3.63) is 41.6 Å². The molecule has 0 unspecified atom stereocenters. The largest absolute Gasteiger partial charge is 0.484 e. The predicted octanol–water partition coefficient (Wildman–Crippen LogP) is 0.798. The molecule has 2 heterocycles. The van der Waals surface area contributed by atoms with Gasteiger partial charge in [-0.1, -0.05) is 18.2 Å². The molecule has 26 heavy (non-hydrogen) atoms. The number of carboxylic acids is 1. The second-order valence-electron chi connectivity index (χ2n) is 5.86. The second-order valence-corrected chi connectivity index (χ2v) is 6.93. The van der Waals surface area contributed by atoms with E-state index in [1.165, 1.54) is 18.9 Å². The van der Waals surface area contributed by atoms with Crippen LogP contribution >= 0.6 is 11.8 Å². The molecule has 2 aliphatic rings. The predicted molar refractivity (Wildman–Crippen MR) is 93.2 cm³/mol. The van der Waals surface area contributed by atoms with Crippen molar-refractivity contribution < 1.29 is 29.0 Å². The quantitative estimate of drug-likeness (QED) is 0.557. The first-order valence-corrected chi connectivity index (χ1v) is 8.88. The van der Waals surface area contributed by atoms with Crippen LogP contribution in [0.4, 0.5) is 0 Å². The lowest BCUT2D eigenvalue weighted by Crippen LogP contribution is -2.80. The highest BCUT2D eigenvalue weighted by Gasteiger charge is 2.66. The van der Waals surface area contributed by atoms with Gasteiger partial charge in [-0.25, -0.2) is 4.79 Å². The van der Waals surface area contributed by atoms with Gasteiger partial charge in [-0.2, -0.15) is 0 Å². The van der Waals surface area contributed by atoms with Crippen molar-refractivity contribution >= 4 is 29.5 Å². The maximum atomic E-state index is 12.7. The van der Waals surface area contributed by atoms with Crippen molar-refractivity contribution in [2.45, 2.75) is 18.0 Å². The Morgan fingerprint density at radius 1 is 1.38 bits per heavy atom. The number of rotatable bonds is 6. The Kier molecular flexibility index (Phi) is 4.92. The summed E-state index contributed by atoms with van der Waals surface area (Å²) in [6, 6.07) is 8.79. The number of aliphatic carboxylic acids is 1. The standard InChI is InChI=1S/C17H18N2O6S/c1-10-9-26-16-17(24-2,15(23)19(16)13(10)14(21)22)18-12(20)8-25-11-6-4-3-5-7-11/h3-7,16H,8-9H2,1-2H3,(H,18,20)(H,21,22)/t16-,17+/m0/s1. The summed E-state index contributed by atoms with van der Waals surface area (Å²) < 4.78 is 10.7. The first-order valence-electron chi connectivity index (χ1n) is 7.83. The van der Waals surface area contributed by atoms with Crippen molar-refractivity contribution in [3.63, 3.8) is 0 Å². The van der Waals surface area contributed by atoms with E-state index in [0.29, 0.717) is 17.1 Å². The minimum absolute atomic E-state index is 0.0544. The SMILES string of the molecule is CO[C@]1(NC(=O)COc2ccccc2)C(=O)N2C(C(=O)O)=C(C)CS[C@H]21. The third-order valence-corrected chi connectivity index (χ3v) is 5.64. The van der Waals surface area contributed by atoms with Crippen LogP contribution in [0, 0.1) is 0 Å². The van der Waals surface area contributed by atoms with E-state index in [4.69, 9.17) is 9.47 Å². The minimum atomic E-state index is -1.59. The van der Waals surface area contributed by atoms with Gasteiger partial charge in [0, 0.05) is 12.9 Å². The number of carbonyl (C=O) groups is 3. The van der Waals surface area contributed by atoms with Crippen LogP contribution in [0.25, 0.3) is 0 Å². The summed E-state index contributed by atoms with van der Waals surface area (Å²) in [6.45, 7) is 1.37. The van der Waals surface area contributed by atoms with Gasteiger partial charge in [0.25, 0.3) is 17.5 Å². The van der Waals surface area contributed by atoms with Gasteiger partial charge in [-0.05, 0) is 24.6 Å². The molecule has 2 N–H and O–H groups in total. The number of ether oxygens (including phenoxy) is 2. The lowest BCUT2D eigenvalue weighted by Gasteiger charge is -2.55. The summed E-state index contributed by atoms with van der Waals surface area (Å²) in [7, 11) is 1.31. The van der Waals surface area contributed by atoms with Crippen LogP contribution in [0.5, 0.6) is 5.75 Å². The summed E-state index contributed by atoms with van der Waals surface area (Å²) in [5, 5.41) is 11.3. The molecule has 2 amide bonds. The van der Waals surface area contributed by atoms with E-state index < -0.39 is 28.9 Å². The molecule has 0 aliphatic carbocycles. The maximum absolute atomic E-state index is 12.7. The molecule has 9 heteroatoms. The fourth-order valence-corrected chi connectivity index (χ4v) is 4.33. The highest BCUT2D eigenvalue weighted by Crippen LogP contribution is 2.46. The van der Waals surface area contributed by atoms with Crippen LogP contribution in [0.15, 0.2) is 41.6 Å². The molecular weight excluding hydrogens is 360 g/mol. The number of methoxy groups -OCH3 is 1. The van der Waals surface area contributed by atoms with Gasteiger partial charge in [0.2, 0.25) is 0 Å². The number of hydrogen-bond acceptors (Lipinski definition) is 6. The second kappa shape index (κ2) is 7.00. The van der Waals surface area contributed by atoms with E-state index in [-0.39, 0.29) is 12.3 Å². The maximum Gasteiger partial charge on any atom is 0.352 e. The molecule has 0 spiro atoms. The number of carbonyl (C=O) groups excluding carboxylic acids is 2. The summed E-state index contributed by atoms with van der Waals surface area (Å²) in [5.74, 6) is -1.37. The van der Waals surface area contributed by atoms with Crippen molar-refractivity contribution in [1.82, 2.24) is 10.2 Å². The molecule has 1 saturated heterocycles. The summed E-state index contributed by atoms with van der Waals surface area (Å²) in [6.07, 6.45) is 0. The Morgan fingerprint density at radius 3 is 2.69 bits per heavy atom. The zero-order chi connectivity index (χ0) is 18.9. The molecule has 0 aromatic heterocycles. The molecule has 1 aromatic carbocycles. The first-order chi connectivity index (χ1) is 12.4. The number of hydrogen-bond donors (Lipinski definition) is 2. The van der Waals surface area contributed by atoms with Gasteiger partial charge < -0.3 is 19.9 Å². The van der Waals surface area contributed by atoms with E-state index in [1.807, 2.05) is 6.07 Å². The average molecular weight is 378 g/mol. The Balaban J connectivity index is 1.71. The fourth-order valence-electron chi connectivity index (χ4n) is 2.94. The van der Waals surface area contributed by atoms with E-state index >= 15 is 0 Å². The van der Waals surface area contributed by atoms with E-state index in [0.717, 1.165) is 4.90 Å². The summed E-state index contributed by atoms with van der Waals surface area (Å²) >= 11 is 1.34. The Morgan fingerprint density at radius 2 is 2.08 bits per heavy atom. The van der Waals surface area contributed by atoms with Gasteiger partial charge in [-0.3, -0.25) is 14.5 Å². The number of carboxylic acid groups (broad SMARTS) is 1. The lowest BCUT2D eigenvalue weighted by molar-refractivity contribution is -0.192. The molecule has 0 radical (unpaired) electrons. The van der Waals surface area contributed by atoms with Crippen LogP contribution in [-0.4, -0.2) is 58.4 Å². The summed E-state index contributed by atoms with van der Waals surface area (Å²) in [5.41, 5.74) is -1.06. The molecule has 1 aromatic rings. The van der Waals surface area contributed by atoms with Crippen LogP contribution in [0.2, 0.25) is 0 Å². The Labute approximate surface area is 154 Å². The van der Waals surface area contributed by atoms with E-state index in [2.05, 4.69) is 5.32 Å². The third-order valence-electron chi connectivity index (χ3n) is 4.18. The third kappa shape index (κ3) is 2.93. The topological polar surface area (TPSA) is 105 Å². The monoisotopic (exact) mass is 378 g/mol. The van der Waals surface area contributed by atoms with Crippen molar-refractivity contribution in [2.24, 2.45) is 0 Å². The van der Waals surface area contributed by atoms with Gasteiger partial charge >= 0.3 is 5.97 Å². The number of amides is 2. The van der Waals surface area contributed by atoms with Crippen LogP contribution in [-0.2, 0) is 19.1 Å². The number of β-lactam (4-membered cyclic amide) rings is 1. The number of thioether (sulfide) groups is 1. The van der Waals surface area contributed by atoms with E-state index in [1.54, 1.807) is 31.2 Å². The van der Waals surface area contributed by atoms with Gasteiger partial charge in [-0.15, -0.1) is 11.8 Å². The molecular formula is C17H18N2O6S. The Bertz CT molecular complexity index is 781. The molecule has 3 rings (SSSR count). The average Bonchev–Trinajstić information content (AvgIpc) is 2.64. The molecule has 2 atom stereocenters. The zero-order valence-electron chi connectivity index (χ0n) is 14.2. The summed E-state index contributed by atoms with van der Waals surface area (Å²) in [4.78, 5) is 37.5. The van der Waals surface area contributed by atoms with Gasteiger partial charge in [0.1, 0.15) is 16.8 Å². The highest BCUT2D eigenvalue weighted by molar-refractivity contribution is 8.00.